The van der Waals surface area contributed by atoms with Crippen LogP contribution in [0.15, 0.2) is 48.5 Å². The maximum absolute atomic E-state index is 13.1. The number of hydrogen-bond donors (Lipinski definition) is 0. The van der Waals surface area contributed by atoms with E-state index in [2.05, 4.69) is 12.1 Å². The predicted octanol–water partition coefficient (Wildman–Crippen LogP) is 3.39. The molecule has 23 heavy (non-hydrogen) atoms. The molecule has 0 unspecified atom stereocenters. The van der Waals surface area contributed by atoms with E-state index in [0.29, 0.717) is 0 Å². The molecule has 1 heterocycles. The van der Waals surface area contributed by atoms with Crippen molar-refractivity contribution in [2.45, 2.75) is 25.2 Å². The highest BCUT2D eigenvalue weighted by molar-refractivity contribution is 6.23. The van der Waals surface area contributed by atoms with Crippen molar-refractivity contribution in [2.75, 3.05) is 4.90 Å². The van der Waals surface area contributed by atoms with Gasteiger partial charge in [-0.2, -0.15) is 0 Å². The van der Waals surface area contributed by atoms with Gasteiger partial charge in [-0.1, -0.05) is 42.5 Å². The van der Waals surface area contributed by atoms with Crippen molar-refractivity contribution in [2.24, 2.45) is 11.8 Å². The fourth-order valence-electron chi connectivity index (χ4n) is 5.00. The number of carbonyl (C=O) groups excluding carboxylic acids is 2. The Bertz CT molecular complexity index is 809. The molecule has 4 atom stereocenters. The molecule has 3 aliphatic rings. The average molecular weight is 303 g/mol. The largest absolute Gasteiger partial charge is 0.274 e. The van der Waals surface area contributed by atoms with E-state index < -0.39 is 0 Å². The van der Waals surface area contributed by atoms with Gasteiger partial charge in [-0.3, -0.25) is 9.59 Å². The third kappa shape index (κ3) is 1.50. The Balaban J connectivity index is 1.62. The molecule has 2 aliphatic carbocycles. The first-order chi connectivity index (χ1) is 11.2. The molecule has 0 radical (unpaired) electrons. The van der Waals surface area contributed by atoms with Gasteiger partial charge in [0, 0.05) is 0 Å². The molecule has 1 saturated heterocycles. The van der Waals surface area contributed by atoms with Gasteiger partial charge in [0.1, 0.15) is 0 Å². The lowest BCUT2D eigenvalue weighted by Crippen LogP contribution is -2.33. The molecule has 5 rings (SSSR count). The van der Waals surface area contributed by atoms with E-state index >= 15 is 0 Å². The average Bonchev–Trinajstić information content (AvgIpc) is 3.20. The van der Waals surface area contributed by atoms with Crippen molar-refractivity contribution in [3.05, 3.63) is 65.2 Å². The van der Waals surface area contributed by atoms with Crippen LogP contribution in [0, 0.1) is 18.8 Å². The van der Waals surface area contributed by atoms with Gasteiger partial charge in [-0.05, 0) is 47.9 Å². The standard InChI is InChI=1S/C20H17NO2/c1-11-6-2-5-9-16(11)21-19(22)17-14-10-15(18(17)20(21)23)13-8-4-3-7-12(13)14/h2-9,14-15,17-18H,10H2,1H3/t14-,15+,17+,18-. The Morgan fingerprint density at radius 1 is 0.826 bits per heavy atom. The molecule has 0 N–H and O–H groups in total. The number of para-hydroxylation sites is 1. The normalized spacial score (nSPS) is 30.7. The Hall–Kier alpha value is -2.42. The van der Waals surface area contributed by atoms with Crippen LogP contribution < -0.4 is 4.90 Å². The van der Waals surface area contributed by atoms with E-state index in [0.717, 1.165) is 17.7 Å². The first-order valence-electron chi connectivity index (χ1n) is 8.20. The van der Waals surface area contributed by atoms with Gasteiger partial charge in [0.25, 0.3) is 0 Å². The van der Waals surface area contributed by atoms with Crippen LogP contribution in [0.1, 0.15) is 34.9 Å². The monoisotopic (exact) mass is 303 g/mol. The van der Waals surface area contributed by atoms with Crippen molar-refractivity contribution >= 4 is 17.5 Å². The summed E-state index contributed by atoms with van der Waals surface area (Å²) < 4.78 is 0. The van der Waals surface area contributed by atoms with E-state index in [1.807, 2.05) is 43.3 Å². The second-order valence-electron chi connectivity index (χ2n) is 6.93. The zero-order valence-corrected chi connectivity index (χ0v) is 12.9. The highest BCUT2D eigenvalue weighted by Gasteiger charge is 2.63. The van der Waals surface area contributed by atoms with E-state index in [1.165, 1.54) is 16.0 Å². The zero-order valence-electron chi connectivity index (χ0n) is 12.9. The molecule has 2 bridgehead atoms. The van der Waals surface area contributed by atoms with E-state index in [-0.39, 0.29) is 35.5 Å². The lowest BCUT2D eigenvalue weighted by atomic mass is 9.77. The molecule has 2 aromatic rings. The molecule has 0 spiro atoms. The van der Waals surface area contributed by atoms with Gasteiger partial charge in [0.05, 0.1) is 17.5 Å². The molecule has 3 nitrogen and oxygen atoms in total. The number of benzene rings is 2. The molecule has 2 amide bonds. The van der Waals surface area contributed by atoms with E-state index in [9.17, 15) is 9.59 Å². The lowest BCUT2D eigenvalue weighted by Gasteiger charge is -2.23. The fraction of sp³-hybridized carbons (Fsp3) is 0.300. The summed E-state index contributed by atoms with van der Waals surface area (Å²) in [5.74, 6) is 0.0926. The smallest absolute Gasteiger partial charge is 0.238 e. The van der Waals surface area contributed by atoms with Crippen molar-refractivity contribution in [1.82, 2.24) is 0 Å². The molecular weight excluding hydrogens is 286 g/mol. The Kier molecular flexibility index (Phi) is 2.45. The molecular formula is C20H17NO2. The third-order valence-electron chi connectivity index (χ3n) is 5.92. The van der Waals surface area contributed by atoms with Crippen molar-refractivity contribution in [3.63, 3.8) is 0 Å². The van der Waals surface area contributed by atoms with Crippen LogP contribution in [-0.2, 0) is 9.59 Å². The Labute approximate surface area is 134 Å². The minimum absolute atomic E-state index is 0.00342. The number of hydrogen-bond acceptors (Lipinski definition) is 2. The lowest BCUT2D eigenvalue weighted by molar-refractivity contribution is -0.123. The molecule has 3 heteroatoms. The number of aryl methyl sites for hydroxylation is 1. The minimum atomic E-state index is -0.165. The predicted molar refractivity (Wildman–Crippen MR) is 87.2 cm³/mol. The van der Waals surface area contributed by atoms with Crippen LogP contribution in [0.2, 0.25) is 0 Å². The summed E-state index contributed by atoms with van der Waals surface area (Å²) in [6.45, 7) is 1.95. The maximum atomic E-state index is 13.1. The van der Waals surface area contributed by atoms with Gasteiger partial charge in [0.2, 0.25) is 11.8 Å². The van der Waals surface area contributed by atoms with Crippen LogP contribution >= 0.6 is 0 Å². The van der Waals surface area contributed by atoms with Gasteiger partial charge >= 0.3 is 0 Å². The topological polar surface area (TPSA) is 37.4 Å². The summed E-state index contributed by atoms with van der Waals surface area (Å²) >= 11 is 0. The van der Waals surface area contributed by atoms with Gasteiger partial charge in [-0.15, -0.1) is 0 Å². The molecule has 1 saturated carbocycles. The fourth-order valence-corrected chi connectivity index (χ4v) is 5.00. The van der Waals surface area contributed by atoms with Crippen LogP contribution in [0.5, 0.6) is 0 Å². The second kappa shape index (κ2) is 4.31. The van der Waals surface area contributed by atoms with Gasteiger partial charge in [-0.25, -0.2) is 4.90 Å². The second-order valence-corrected chi connectivity index (χ2v) is 6.93. The highest BCUT2D eigenvalue weighted by Crippen LogP contribution is 2.62. The molecule has 1 aliphatic heterocycles. The number of amides is 2. The molecule has 2 aromatic carbocycles. The van der Waals surface area contributed by atoms with Crippen molar-refractivity contribution < 1.29 is 9.59 Å². The number of rotatable bonds is 1. The summed E-state index contributed by atoms with van der Waals surface area (Å²) in [6, 6.07) is 16.0. The van der Waals surface area contributed by atoms with Gasteiger partial charge < -0.3 is 0 Å². The Morgan fingerprint density at radius 2 is 1.35 bits per heavy atom. The molecule has 2 fully saturated rings. The SMILES string of the molecule is Cc1ccccc1N1C(=O)[C@@H]2[C@H](C1=O)[C@H]1C[C@@H]2c2ccccc21. The van der Waals surface area contributed by atoms with Crippen LogP contribution in [0.3, 0.4) is 0 Å². The zero-order chi connectivity index (χ0) is 15.7. The minimum Gasteiger partial charge on any atom is -0.274 e. The number of nitrogens with zero attached hydrogens (tertiary/aromatic N) is 1. The summed E-state index contributed by atoms with van der Waals surface area (Å²) in [7, 11) is 0. The van der Waals surface area contributed by atoms with Gasteiger partial charge in [0.15, 0.2) is 0 Å². The summed E-state index contributed by atoms with van der Waals surface area (Å²) in [4.78, 5) is 27.6. The van der Waals surface area contributed by atoms with Crippen molar-refractivity contribution in [1.29, 1.82) is 0 Å². The third-order valence-corrected chi connectivity index (χ3v) is 5.92. The van der Waals surface area contributed by atoms with E-state index in [1.54, 1.807) is 0 Å². The first-order valence-corrected chi connectivity index (χ1v) is 8.20. The first kappa shape index (κ1) is 13.1. The van der Waals surface area contributed by atoms with Crippen LogP contribution in [0.4, 0.5) is 5.69 Å². The van der Waals surface area contributed by atoms with Crippen LogP contribution in [0.25, 0.3) is 0 Å². The summed E-state index contributed by atoms with van der Waals surface area (Å²) in [5, 5.41) is 0. The molecule has 114 valence electrons. The number of fused-ring (bicyclic) bond motifs is 8. The van der Waals surface area contributed by atoms with E-state index in [4.69, 9.17) is 0 Å². The quantitative estimate of drug-likeness (QED) is 0.757. The Morgan fingerprint density at radius 3 is 1.91 bits per heavy atom. The highest BCUT2D eigenvalue weighted by atomic mass is 16.2. The molecule has 0 aromatic heterocycles. The van der Waals surface area contributed by atoms with Crippen molar-refractivity contribution in [3.8, 4) is 0 Å². The number of carbonyl (C=O) groups is 2. The number of anilines is 1. The number of imide groups is 1. The maximum Gasteiger partial charge on any atom is 0.238 e. The summed E-state index contributed by atoms with van der Waals surface area (Å²) in [5.41, 5.74) is 4.29. The van der Waals surface area contributed by atoms with Crippen LogP contribution in [-0.4, -0.2) is 11.8 Å². The summed E-state index contributed by atoms with van der Waals surface area (Å²) in [6.07, 6.45) is 0.952.